The summed E-state index contributed by atoms with van der Waals surface area (Å²) in [5.41, 5.74) is 2.66. The molecule has 1 aliphatic rings. The van der Waals surface area contributed by atoms with Gasteiger partial charge in [0, 0.05) is 54.6 Å². The maximum atomic E-state index is 14.6. The third-order valence-corrected chi connectivity index (χ3v) is 7.22. The summed E-state index contributed by atoms with van der Waals surface area (Å²) in [5, 5.41) is 11.7. The minimum absolute atomic E-state index is 0.0353. The lowest BCUT2D eigenvalue weighted by atomic mass is 10.0. The highest BCUT2D eigenvalue weighted by Crippen LogP contribution is 2.33. The summed E-state index contributed by atoms with van der Waals surface area (Å²) >= 11 is 0. The van der Waals surface area contributed by atoms with Gasteiger partial charge in [-0.3, -0.25) is 9.89 Å². The predicted octanol–water partition coefficient (Wildman–Crippen LogP) is 3.31. The van der Waals surface area contributed by atoms with Gasteiger partial charge in [0.25, 0.3) is 5.91 Å². The van der Waals surface area contributed by atoms with E-state index in [1.807, 2.05) is 0 Å². The summed E-state index contributed by atoms with van der Waals surface area (Å²) in [6.07, 6.45) is 1.85. The third kappa shape index (κ3) is 5.20. The minimum atomic E-state index is -3.17. The Hall–Kier alpha value is -3.77. The first-order valence-electron chi connectivity index (χ1n) is 11.6. The lowest BCUT2D eigenvalue weighted by Gasteiger charge is -2.40. The quantitative estimate of drug-likeness (QED) is 0.328. The predicted molar refractivity (Wildman–Crippen MR) is 134 cm³/mol. The second-order valence-corrected chi connectivity index (χ2v) is 11.1. The molecule has 0 saturated carbocycles. The van der Waals surface area contributed by atoms with Crippen molar-refractivity contribution in [1.82, 2.24) is 20.3 Å². The minimum Gasteiger partial charge on any atom is -0.488 e. The molecule has 1 amide bonds. The van der Waals surface area contributed by atoms with Crippen molar-refractivity contribution >= 4 is 26.6 Å². The lowest BCUT2D eigenvalue weighted by Crippen LogP contribution is -2.54. The van der Waals surface area contributed by atoms with E-state index in [1.165, 1.54) is 25.5 Å². The van der Waals surface area contributed by atoms with Crippen LogP contribution in [0.1, 0.15) is 16.8 Å². The largest absolute Gasteiger partial charge is 0.488 e. The van der Waals surface area contributed by atoms with Crippen LogP contribution in [-0.2, 0) is 14.6 Å². The number of fused-ring (bicyclic) bond motifs is 1. The molecule has 1 saturated heterocycles. The summed E-state index contributed by atoms with van der Waals surface area (Å²) in [7, 11) is -1.63. The molecule has 0 spiro atoms. The molecule has 10 nitrogen and oxygen atoms in total. The first kappa shape index (κ1) is 24.9. The molecule has 1 N–H and O–H groups in total. The van der Waals surface area contributed by atoms with Gasteiger partial charge in [0.15, 0.2) is 17.3 Å². The highest BCUT2D eigenvalue weighted by molar-refractivity contribution is 7.90. The van der Waals surface area contributed by atoms with Crippen molar-refractivity contribution in [3.05, 3.63) is 53.8 Å². The number of H-pyrrole nitrogens is 1. The van der Waals surface area contributed by atoms with Crippen LogP contribution in [0.25, 0.3) is 33.6 Å². The number of hydrogen-bond donors (Lipinski definition) is 1. The van der Waals surface area contributed by atoms with E-state index in [1.54, 1.807) is 35.2 Å². The van der Waals surface area contributed by atoms with Gasteiger partial charge in [-0.15, -0.1) is 0 Å². The molecule has 5 rings (SSSR count). The van der Waals surface area contributed by atoms with Crippen LogP contribution in [0.5, 0.6) is 5.75 Å². The van der Waals surface area contributed by atoms with Crippen molar-refractivity contribution in [3.63, 3.8) is 0 Å². The van der Waals surface area contributed by atoms with Crippen LogP contribution < -0.4 is 4.74 Å². The summed E-state index contributed by atoms with van der Waals surface area (Å²) in [6, 6.07) is 11.1. The van der Waals surface area contributed by atoms with Crippen molar-refractivity contribution in [3.8, 4) is 28.5 Å². The number of methoxy groups -OCH3 is 1. The van der Waals surface area contributed by atoms with Gasteiger partial charge in [-0.1, -0.05) is 17.3 Å². The van der Waals surface area contributed by atoms with Gasteiger partial charge < -0.3 is 18.9 Å². The van der Waals surface area contributed by atoms with Crippen molar-refractivity contribution in [2.24, 2.45) is 0 Å². The monoisotopic (exact) mass is 528 g/mol. The van der Waals surface area contributed by atoms with E-state index >= 15 is 0 Å². The maximum Gasteiger partial charge on any atom is 0.254 e. The zero-order valence-corrected chi connectivity index (χ0v) is 21.0. The molecule has 2 aromatic carbocycles. The molecule has 37 heavy (non-hydrogen) atoms. The Labute approximate surface area is 212 Å². The number of ether oxygens (including phenoxy) is 2. The first-order chi connectivity index (χ1) is 17.7. The molecule has 0 aliphatic carbocycles. The Balaban J connectivity index is 1.32. The Kier molecular flexibility index (Phi) is 6.69. The van der Waals surface area contributed by atoms with Crippen LogP contribution in [0.2, 0.25) is 0 Å². The number of carbonyl (C=O) groups is 1. The van der Waals surface area contributed by atoms with Gasteiger partial charge in [-0.2, -0.15) is 5.10 Å². The Morgan fingerprint density at radius 2 is 2.00 bits per heavy atom. The molecular weight excluding hydrogens is 503 g/mol. The average Bonchev–Trinajstić information content (AvgIpc) is 3.49. The van der Waals surface area contributed by atoms with Gasteiger partial charge in [0.05, 0.1) is 17.9 Å². The van der Waals surface area contributed by atoms with E-state index in [0.29, 0.717) is 58.8 Å². The number of likely N-dealkylation sites (tertiary alicyclic amines) is 1. The van der Waals surface area contributed by atoms with Crippen LogP contribution in [0, 0.1) is 5.82 Å². The first-order valence-corrected chi connectivity index (χ1v) is 13.6. The second kappa shape index (κ2) is 9.94. The third-order valence-electron chi connectivity index (χ3n) is 6.23. The van der Waals surface area contributed by atoms with Crippen molar-refractivity contribution in [2.45, 2.75) is 12.5 Å². The number of rotatable bonds is 9. The molecule has 0 bridgehead atoms. The molecule has 3 heterocycles. The zero-order valence-electron chi connectivity index (χ0n) is 20.2. The Bertz CT molecular complexity index is 1550. The molecule has 1 aliphatic heterocycles. The molecule has 194 valence electrons. The molecule has 0 radical (unpaired) electrons. The standard InChI is InChI=1S/C25H25FN4O6S/c1-34-9-10-35-22-13-21-18(11-19(22)26)24(28-27-21)23-12-20(29-36-23)15-3-5-16(6-4-15)25(31)30-8-7-17(30)14-37(2,32)33/h3-6,11-13,17H,7-10,14H2,1-2H3,(H,27,28)/t17-/m1/s1. The van der Waals surface area contributed by atoms with Gasteiger partial charge >= 0.3 is 0 Å². The van der Waals surface area contributed by atoms with Crippen LogP contribution in [0.3, 0.4) is 0 Å². The molecule has 4 aromatic rings. The summed E-state index contributed by atoms with van der Waals surface area (Å²) in [5.74, 6) is -0.339. The van der Waals surface area contributed by atoms with Crippen molar-refractivity contribution in [2.75, 3.05) is 38.9 Å². The van der Waals surface area contributed by atoms with E-state index in [-0.39, 0.29) is 30.1 Å². The maximum absolute atomic E-state index is 14.6. The number of benzene rings is 2. The van der Waals surface area contributed by atoms with Crippen LogP contribution >= 0.6 is 0 Å². The van der Waals surface area contributed by atoms with E-state index in [9.17, 15) is 17.6 Å². The SMILES string of the molecule is COCCOc1cc2[nH]nc(-c3cc(-c4ccc(C(=O)N5CC[C@@H]5CS(C)(=O)=O)cc4)no3)c2cc1F. The zero-order chi connectivity index (χ0) is 26.2. The second-order valence-electron chi connectivity index (χ2n) is 8.93. The smallest absolute Gasteiger partial charge is 0.254 e. The lowest BCUT2D eigenvalue weighted by molar-refractivity contribution is 0.0508. The average molecular weight is 529 g/mol. The van der Waals surface area contributed by atoms with Crippen LogP contribution in [0.4, 0.5) is 4.39 Å². The topological polar surface area (TPSA) is 128 Å². The summed E-state index contributed by atoms with van der Waals surface area (Å²) in [6.45, 7) is 1.09. The summed E-state index contributed by atoms with van der Waals surface area (Å²) < 4.78 is 53.6. The fourth-order valence-corrected chi connectivity index (χ4v) is 5.30. The molecule has 1 fully saturated rings. The van der Waals surface area contributed by atoms with Crippen LogP contribution in [0.15, 0.2) is 47.0 Å². The fraction of sp³-hybridized carbons (Fsp3) is 0.320. The Morgan fingerprint density at radius 3 is 2.68 bits per heavy atom. The normalized spacial score (nSPS) is 15.6. The van der Waals surface area contributed by atoms with Gasteiger partial charge in [0.1, 0.15) is 27.8 Å². The van der Waals surface area contributed by atoms with Crippen LogP contribution in [-0.4, -0.2) is 79.5 Å². The van der Waals surface area contributed by atoms with E-state index in [0.717, 1.165) is 0 Å². The number of halogens is 1. The van der Waals surface area contributed by atoms with E-state index in [4.69, 9.17) is 14.0 Å². The number of sulfone groups is 1. The fourth-order valence-electron chi connectivity index (χ4n) is 4.25. The van der Waals surface area contributed by atoms with E-state index in [2.05, 4.69) is 15.4 Å². The summed E-state index contributed by atoms with van der Waals surface area (Å²) in [4.78, 5) is 14.4. The van der Waals surface area contributed by atoms with Crippen molar-refractivity contribution in [1.29, 1.82) is 0 Å². The molecule has 2 aromatic heterocycles. The number of carbonyl (C=O) groups excluding carboxylic acids is 1. The highest BCUT2D eigenvalue weighted by atomic mass is 32.2. The number of hydrogen-bond acceptors (Lipinski definition) is 8. The number of aromatic amines is 1. The van der Waals surface area contributed by atoms with Gasteiger partial charge in [-0.05, 0) is 24.6 Å². The van der Waals surface area contributed by atoms with E-state index < -0.39 is 15.7 Å². The van der Waals surface area contributed by atoms with Crippen molar-refractivity contribution < 1.29 is 31.6 Å². The number of aromatic nitrogens is 3. The molecule has 12 heteroatoms. The number of amides is 1. The molecule has 0 unspecified atom stereocenters. The molecule has 1 atom stereocenters. The number of nitrogens with one attached hydrogen (secondary N) is 1. The van der Waals surface area contributed by atoms with Gasteiger partial charge in [0.2, 0.25) is 0 Å². The Morgan fingerprint density at radius 1 is 1.22 bits per heavy atom. The molecular formula is C25H25FN4O6S. The number of nitrogens with zero attached hydrogens (tertiary/aromatic N) is 3. The highest BCUT2D eigenvalue weighted by Gasteiger charge is 2.34. The van der Waals surface area contributed by atoms with Gasteiger partial charge in [-0.25, -0.2) is 12.8 Å².